The number of anilines is 1. The lowest BCUT2D eigenvalue weighted by atomic mass is 10.0. The van der Waals surface area contributed by atoms with Gasteiger partial charge in [0, 0.05) is 18.7 Å². The Hall–Kier alpha value is -4.40. The maximum Gasteiger partial charge on any atom is 0.331 e. The zero-order valence-electron chi connectivity index (χ0n) is 21.6. The predicted molar refractivity (Wildman–Crippen MR) is 146 cm³/mol. The number of rotatable bonds is 11. The van der Waals surface area contributed by atoms with Crippen molar-refractivity contribution in [3.63, 3.8) is 0 Å². The highest BCUT2D eigenvalue weighted by atomic mass is 16.3. The molecule has 0 aliphatic carbocycles. The third-order valence-corrected chi connectivity index (χ3v) is 6.37. The molecule has 0 bridgehead atoms. The summed E-state index contributed by atoms with van der Waals surface area (Å²) < 4.78 is 7.67. The third-order valence-electron chi connectivity index (χ3n) is 6.37. The maximum atomic E-state index is 13.3. The number of aromatic nitrogens is 2. The standard InChI is InChI=1S/C29H32N4O5/c1-20(2)21-12-14-22(15-13-21)31-27(35)19-33-25-10-4-3-9-24(25)28(36)32(29(33)37)16-6-5-11-26(34)30-18-23-8-7-17-38-23/h3-4,7-10,12-15,17,20H,5-6,11,16,18-19H2,1-2H3,(H,30,34)(H,31,35). The van der Waals surface area contributed by atoms with Crippen LogP contribution in [0.1, 0.15) is 50.4 Å². The van der Waals surface area contributed by atoms with Crippen LogP contribution in [0.25, 0.3) is 10.9 Å². The number of nitrogens with zero attached hydrogens (tertiary/aromatic N) is 2. The van der Waals surface area contributed by atoms with Crippen LogP contribution < -0.4 is 21.9 Å². The first kappa shape index (κ1) is 26.7. The van der Waals surface area contributed by atoms with Gasteiger partial charge in [0.25, 0.3) is 5.56 Å². The van der Waals surface area contributed by atoms with E-state index in [2.05, 4.69) is 24.5 Å². The minimum absolute atomic E-state index is 0.136. The van der Waals surface area contributed by atoms with Gasteiger partial charge in [0.1, 0.15) is 12.3 Å². The average Bonchev–Trinajstić information content (AvgIpc) is 3.43. The van der Waals surface area contributed by atoms with E-state index >= 15 is 0 Å². The zero-order chi connectivity index (χ0) is 27.1. The van der Waals surface area contributed by atoms with Crippen LogP contribution in [0.3, 0.4) is 0 Å². The summed E-state index contributed by atoms with van der Waals surface area (Å²) in [4.78, 5) is 51.4. The number of para-hydroxylation sites is 1. The summed E-state index contributed by atoms with van der Waals surface area (Å²) in [6.45, 7) is 4.41. The van der Waals surface area contributed by atoms with Gasteiger partial charge >= 0.3 is 5.69 Å². The summed E-state index contributed by atoms with van der Waals surface area (Å²) in [6, 6.07) is 17.9. The lowest BCUT2D eigenvalue weighted by Gasteiger charge is -2.14. The third kappa shape index (κ3) is 6.47. The number of amides is 2. The molecular weight excluding hydrogens is 484 g/mol. The quantitative estimate of drug-likeness (QED) is 0.292. The molecule has 2 aromatic heterocycles. The average molecular weight is 517 g/mol. The second-order valence-electron chi connectivity index (χ2n) is 9.48. The molecule has 2 heterocycles. The molecule has 4 rings (SSSR count). The molecule has 198 valence electrons. The molecule has 0 spiro atoms. The number of hydrogen-bond donors (Lipinski definition) is 2. The molecule has 0 saturated carbocycles. The zero-order valence-corrected chi connectivity index (χ0v) is 21.6. The monoisotopic (exact) mass is 516 g/mol. The van der Waals surface area contributed by atoms with Gasteiger partial charge in [-0.2, -0.15) is 0 Å². The van der Waals surface area contributed by atoms with E-state index in [1.165, 1.54) is 4.57 Å². The number of fused-ring (bicyclic) bond motifs is 1. The Morgan fingerprint density at radius 3 is 2.37 bits per heavy atom. The van der Waals surface area contributed by atoms with Crippen molar-refractivity contribution in [2.75, 3.05) is 5.32 Å². The van der Waals surface area contributed by atoms with Crippen molar-refractivity contribution in [3.8, 4) is 0 Å². The lowest BCUT2D eigenvalue weighted by Crippen LogP contribution is -2.41. The van der Waals surface area contributed by atoms with Gasteiger partial charge in [-0.3, -0.25) is 23.5 Å². The van der Waals surface area contributed by atoms with Gasteiger partial charge < -0.3 is 15.1 Å². The number of nitrogens with one attached hydrogen (secondary N) is 2. The molecule has 4 aromatic rings. The fraction of sp³-hybridized carbons (Fsp3) is 0.310. The summed E-state index contributed by atoms with van der Waals surface area (Å²) in [6.07, 6.45) is 2.75. The number of benzene rings is 2. The normalized spacial score (nSPS) is 11.1. The number of carbonyl (C=O) groups excluding carboxylic acids is 2. The lowest BCUT2D eigenvalue weighted by molar-refractivity contribution is -0.121. The first-order valence-corrected chi connectivity index (χ1v) is 12.7. The summed E-state index contributed by atoms with van der Waals surface area (Å²) in [7, 11) is 0. The van der Waals surface area contributed by atoms with Crippen molar-refractivity contribution in [2.45, 2.75) is 58.7 Å². The smallest absolute Gasteiger partial charge is 0.331 e. The molecule has 0 saturated heterocycles. The maximum absolute atomic E-state index is 13.3. The van der Waals surface area contributed by atoms with Gasteiger partial charge in [0.15, 0.2) is 0 Å². The molecule has 38 heavy (non-hydrogen) atoms. The molecule has 2 N–H and O–H groups in total. The number of hydrogen-bond acceptors (Lipinski definition) is 5. The Morgan fingerprint density at radius 2 is 1.66 bits per heavy atom. The topological polar surface area (TPSA) is 115 Å². The van der Waals surface area contributed by atoms with E-state index in [0.29, 0.717) is 47.7 Å². The molecule has 2 amide bonds. The van der Waals surface area contributed by atoms with Gasteiger partial charge in [0.2, 0.25) is 11.8 Å². The van der Waals surface area contributed by atoms with Crippen LogP contribution in [-0.2, 0) is 29.2 Å². The van der Waals surface area contributed by atoms with Crippen molar-refractivity contribution in [3.05, 3.63) is 99.1 Å². The fourth-order valence-corrected chi connectivity index (χ4v) is 4.26. The minimum atomic E-state index is -0.554. The van der Waals surface area contributed by atoms with Crippen molar-refractivity contribution < 1.29 is 14.0 Å². The predicted octanol–water partition coefficient (Wildman–Crippen LogP) is 4.01. The molecule has 0 fully saturated rings. The number of furan rings is 1. The molecule has 0 radical (unpaired) electrons. The fourth-order valence-electron chi connectivity index (χ4n) is 4.26. The van der Waals surface area contributed by atoms with E-state index in [1.54, 1.807) is 42.7 Å². The number of unbranched alkanes of at least 4 members (excludes halogenated alkanes) is 1. The van der Waals surface area contributed by atoms with E-state index < -0.39 is 11.2 Å². The van der Waals surface area contributed by atoms with Crippen LogP contribution in [0.5, 0.6) is 0 Å². The highest BCUT2D eigenvalue weighted by Gasteiger charge is 2.16. The molecule has 2 aromatic carbocycles. The largest absolute Gasteiger partial charge is 0.467 e. The van der Waals surface area contributed by atoms with E-state index in [9.17, 15) is 19.2 Å². The van der Waals surface area contributed by atoms with Crippen LogP contribution in [0, 0.1) is 0 Å². The van der Waals surface area contributed by atoms with Crippen molar-refractivity contribution in [2.24, 2.45) is 0 Å². The van der Waals surface area contributed by atoms with Crippen molar-refractivity contribution >= 4 is 28.4 Å². The number of carbonyl (C=O) groups is 2. The summed E-state index contributed by atoms with van der Waals surface area (Å²) >= 11 is 0. The first-order chi connectivity index (χ1) is 18.3. The Balaban J connectivity index is 1.44. The van der Waals surface area contributed by atoms with E-state index in [1.807, 2.05) is 24.3 Å². The van der Waals surface area contributed by atoms with E-state index in [4.69, 9.17) is 4.42 Å². The van der Waals surface area contributed by atoms with Gasteiger partial charge in [0.05, 0.1) is 23.7 Å². The highest BCUT2D eigenvalue weighted by Crippen LogP contribution is 2.17. The highest BCUT2D eigenvalue weighted by molar-refractivity contribution is 5.91. The van der Waals surface area contributed by atoms with E-state index in [-0.39, 0.29) is 31.3 Å². The van der Waals surface area contributed by atoms with Crippen molar-refractivity contribution in [1.29, 1.82) is 0 Å². The van der Waals surface area contributed by atoms with Gasteiger partial charge in [-0.05, 0) is 60.7 Å². The molecule has 0 aliphatic heterocycles. The van der Waals surface area contributed by atoms with Crippen LogP contribution in [0.2, 0.25) is 0 Å². The SMILES string of the molecule is CC(C)c1ccc(NC(=O)Cn2c(=O)n(CCCCC(=O)NCc3ccco3)c(=O)c3ccccc32)cc1. The molecule has 9 heteroatoms. The first-order valence-electron chi connectivity index (χ1n) is 12.7. The minimum Gasteiger partial charge on any atom is -0.467 e. The Labute approximate surface area is 220 Å². The Bertz CT molecular complexity index is 1520. The second-order valence-corrected chi connectivity index (χ2v) is 9.48. The molecule has 0 aliphatic rings. The summed E-state index contributed by atoms with van der Waals surface area (Å²) in [5, 5.41) is 5.97. The second kappa shape index (κ2) is 12.2. The Kier molecular flexibility index (Phi) is 8.58. The van der Waals surface area contributed by atoms with E-state index in [0.717, 1.165) is 10.1 Å². The molecular formula is C29H32N4O5. The molecule has 0 unspecified atom stereocenters. The van der Waals surface area contributed by atoms with Crippen LogP contribution in [0.4, 0.5) is 5.69 Å². The van der Waals surface area contributed by atoms with Crippen molar-refractivity contribution in [1.82, 2.24) is 14.5 Å². The summed E-state index contributed by atoms with van der Waals surface area (Å²) in [5.41, 5.74) is 1.24. The molecule has 9 nitrogen and oxygen atoms in total. The van der Waals surface area contributed by atoms with Gasteiger partial charge in [-0.15, -0.1) is 0 Å². The van der Waals surface area contributed by atoms with Crippen LogP contribution in [0.15, 0.2) is 80.9 Å². The van der Waals surface area contributed by atoms with Gasteiger partial charge in [-0.1, -0.05) is 38.1 Å². The molecule has 0 atom stereocenters. The van der Waals surface area contributed by atoms with Crippen LogP contribution >= 0.6 is 0 Å². The Morgan fingerprint density at radius 1 is 0.895 bits per heavy atom. The summed E-state index contributed by atoms with van der Waals surface area (Å²) in [5.74, 6) is 0.538. The van der Waals surface area contributed by atoms with Gasteiger partial charge in [-0.25, -0.2) is 4.79 Å². The van der Waals surface area contributed by atoms with Crippen LogP contribution in [-0.4, -0.2) is 20.9 Å².